The van der Waals surface area contributed by atoms with Gasteiger partial charge in [-0.1, -0.05) is 69.6 Å². The SMILES string of the molecule is CC.CC(=O)NCCS.CC(C)C(=O)NCCCSSCC(C)(C)SCCC(=O)OC(C)(C)CCOC(C)(C)C(=O)CCSCCS.CCC. The standard InChI is InChI=1S/C27H51NO5S5.C4H9NOS.C3H8.C2H6/c1-21(2)24(31)28-13-9-16-37-38-20-26(5,6)36-18-11-23(30)33-25(3,4)12-14-32-27(7,8)22(29)10-17-35-19-15-34;1-4(6)5-2-3-7;1-3-2;1-2/h21,34H,9-20H2,1-8H3,(H,28,31);7H,2-3H2,1H3,(H,5,6);3H2,1-2H3;1-2H3. The zero-order valence-electron chi connectivity index (χ0n) is 33.7. The Morgan fingerprint density at radius 3 is 1.90 bits per heavy atom. The Morgan fingerprint density at radius 1 is 0.800 bits per heavy atom. The topological polar surface area (TPSA) is 111 Å². The lowest BCUT2D eigenvalue weighted by molar-refractivity contribution is -0.160. The number of amides is 2. The average Bonchev–Trinajstić information content (AvgIpc) is 3.02. The van der Waals surface area contributed by atoms with Crippen LogP contribution >= 0.6 is 70.4 Å². The fourth-order valence-electron chi connectivity index (χ4n) is 3.15. The Hall–Kier alpha value is 0.140. The maximum atomic E-state index is 12.5. The van der Waals surface area contributed by atoms with Gasteiger partial charge in [0.05, 0.1) is 13.0 Å². The lowest BCUT2D eigenvalue weighted by atomic mass is 10.0. The quantitative estimate of drug-likeness (QED) is 0.0308. The van der Waals surface area contributed by atoms with Crippen LogP contribution in [0.15, 0.2) is 0 Å². The fourth-order valence-corrected chi connectivity index (χ4v) is 8.45. The van der Waals surface area contributed by atoms with Crippen LogP contribution in [-0.4, -0.2) is 99.5 Å². The van der Waals surface area contributed by atoms with E-state index in [0.717, 1.165) is 41.7 Å². The van der Waals surface area contributed by atoms with Crippen LogP contribution in [0.1, 0.15) is 122 Å². The van der Waals surface area contributed by atoms with Gasteiger partial charge in [-0.3, -0.25) is 19.2 Å². The van der Waals surface area contributed by atoms with Crippen molar-refractivity contribution in [2.45, 2.75) is 138 Å². The van der Waals surface area contributed by atoms with Gasteiger partial charge in [0.15, 0.2) is 5.78 Å². The zero-order chi connectivity index (χ0) is 39.7. The number of carbonyl (C=O) groups is 4. The lowest BCUT2D eigenvalue weighted by Crippen LogP contribution is -2.38. The number of thiol groups is 2. The normalized spacial score (nSPS) is 11.2. The molecule has 0 aromatic rings. The van der Waals surface area contributed by atoms with Gasteiger partial charge in [-0.2, -0.15) is 48.8 Å². The number of ether oxygens (including phenoxy) is 2. The summed E-state index contributed by atoms with van der Waals surface area (Å²) in [5, 5.41) is 5.52. The second-order valence-corrected chi connectivity index (χ2v) is 19.5. The molecule has 0 aromatic carbocycles. The zero-order valence-corrected chi connectivity index (χ0v) is 38.7. The first-order valence-electron chi connectivity index (χ1n) is 17.9. The summed E-state index contributed by atoms with van der Waals surface area (Å²) in [5.74, 6) is 5.94. The van der Waals surface area contributed by atoms with Crippen LogP contribution in [0, 0.1) is 5.92 Å². The molecule has 2 N–H and O–H groups in total. The van der Waals surface area contributed by atoms with Crippen molar-refractivity contribution in [2.75, 3.05) is 60.0 Å². The van der Waals surface area contributed by atoms with Gasteiger partial charge in [-0.15, -0.1) is 0 Å². The van der Waals surface area contributed by atoms with Gasteiger partial charge >= 0.3 is 5.97 Å². The lowest BCUT2D eigenvalue weighted by Gasteiger charge is -2.29. The molecule has 0 radical (unpaired) electrons. The number of ketones is 1. The summed E-state index contributed by atoms with van der Waals surface area (Å²) in [6, 6.07) is 0. The number of rotatable bonds is 25. The third kappa shape index (κ3) is 40.9. The van der Waals surface area contributed by atoms with Crippen LogP contribution in [0.4, 0.5) is 0 Å². The van der Waals surface area contributed by atoms with E-state index in [-0.39, 0.29) is 34.2 Å². The second-order valence-electron chi connectivity index (χ2n) is 13.0. The molecule has 0 saturated heterocycles. The second kappa shape index (κ2) is 36.1. The van der Waals surface area contributed by atoms with Crippen molar-refractivity contribution < 1.29 is 28.7 Å². The summed E-state index contributed by atoms with van der Waals surface area (Å²) in [7, 11) is 3.67. The summed E-state index contributed by atoms with van der Waals surface area (Å²) < 4.78 is 11.7. The van der Waals surface area contributed by atoms with E-state index >= 15 is 0 Å². The van der Waals surface area contributed by atoms with E-state index in [2.05, 4.69) is 63.6 Å². The van der Waals surface area contributed by atoms with Gasteiger partial charge in [-0.25, -0.2) is 0 Å². The van der Waals surface area contributed by atoms with E-state index in [9.17, 15) is 19.2 Å². The maximum Gasteiger partial charge on any atom is 0.307 e. The first kappa shape index (κ1) is 56.9. The Kier molecular flexibility index (Phi) is 41.1. The highest BCUT2D eigenvalue weighted by Crippen LogP contribution is 2.34. The van der Waals surface area contributed by atoms with Crippen LogP contribution < -0.4 is 10.6 Å². The number of Topliss-reactive ketones (excluding diaryl/α,β-unsaturated/α-hetero) is 1. The van der Waals surface area contributed by atoms with Crippen LogP contribution in [0.2, 0.25) is 0 Å². The van der Waals surface area contributed by atoms with Crippen LogP contribution in [0.3, 0.4) is 0 Å². The first-order valence-corrected chi connectivity index (χ1v) is 23.8. The monoisotopic (exact) mass is 822 g/mol. The summed E-state index contributed by atoms with van der Waals surface area (Å²) in [4.78, 5) is 46.5. The molecule has 0 spiro atoms. The molecule has 0 saturated carbocycles. The number of esters is 1. The molecule has 0 aliphatic rings. The molecule has 0 aliphatic carbocycles. The molecule has 0 fully saturated rings. The number of thioether (sulfide) groups is 2. The van der Waals surface area contributed by atoms with Crippen molar-refractivity contribution in [3.05, 3.63) is 0 Å². The highest BCUT2D eigenvalue weighted by atomic mass is 33.1. The summed E-state index contributed by atoms with van der Waals surface area (Å²) >= 11 is 11.6. The fraction of sp³-hybridized carbons (Fsp3) is 0.889. The Bertz CT molecular complexity index is 861. The maximum absolute atomic E-state index is 12.5. The molecule has 50 heavy (non-hydrogen) atoms. The third-order valence-corrected chi connectivity index (χ3v) is 12.0. The molecule has 0 aromatic heterocycles. The van der Waals surface area contributed by atoms with Gasteiger partial charge in [0.25, 0.3) is 0 Å². The van der Waals surface area contributed by atoms with E-state index in [1.54, 1.807) is 37.4 Å². The Morgan fingerprint density at radius 2 is 1.40 bits per heavy atom. The van der Waals surface area contributed by atoms with Crippen molar-refractivity contribution >= 4 is 93.9 Å². The molecule has 300 valence electrons. The number of hydrogen-bond acceptors (Lipinski definition) is 12. The predicted molar refractivity (Wildman–Crippen MR) is 234 cm³/mol. The van der Waals surface area contributed by atoms with E-state index in [1.807, 2.05) is 63.1 Å². The van der Waals surface area contributed by atoms with E-state index < -0.39 is 11.2 Å². The van der Waals surface area contributed by atoms with Crippen molar-refractivity contribution in [1.82, 2.24) is 10.6 Å². The number of hydrogen-bond donors (Lipinski definition) is 4. The minimum Gasteiger partial charge on any atom is -0.460 e. The minimum absolute atomic E-state index is 0.00838. The Balaban J connectivity index is -0.000000756. The minimum atomic E-state index is -0.843. The largest absolute Gasteiger partial charge is 0.460 e. The molecule has 0 unspecified atom stereocenters. The molecule has 0 aliphatic heterocycles. The molecule has 0 heterocycles. The Labute approximate surface area is 335 Å². The molecule has 2 amide bonds. The van der Waals surface area contributed by atoms with Crippen molar-refractivity contribution in [3.8, 4) is 0 Å². The van der Waals surface area contributed by atoms with Crippen LogP contribution in [0.25, 0.3) is 0 Å². The van der Waals surface area contributed by atoms with Crippen molar-refractivity contribution in [3.63, 3.8) is 0 Å². The summed E-state index contributed by atoms with van der Waals surface area (Å²) in [6.45, 7) is 27.1. The van der Waals surface area contributed by atoms with Crippen LogP contribution in [0.5, 0.6) is 0 Å². The van der Waals surface area contributed by atoms with Gasteiger partial charge in [0.2, 0.25) is 11.8 Å². The average molecular weight is 823 g/mol. The van der Waals surface area contributed by atoms with Crippen molar-refractivity contribution in [2.24, 2.45) is 5.92 Å². The smallest absolute Gasteiger partial charge is 0.307 e. The molecular weight excluding hydrogens is 749 g/mol. The molecular formula is C36H74N2O6S6. The molecule has 14 heteroatoms. The molecule has 0 rings (SSSR count). The van der Waals surface area contributed by atoms with Crippen LogP contribution in [-0.2, 0) is 28.7 Å². The van der Waals surface area contributed by atoms with Gasteiger partial charge in [0, 0.05) is 78.0 Å². The first-order chi connectivity index (χ1) is 23.3. The van der Waals surface area contributed by atoms with E-state index in [4.69, 9.17) is 9.47 Å². The summed E-state index contributed by atoms with van der Waals surface area (Å²) in [6.07, 6.45) is 3.57. The predicted octanol–water partition coefficient (Wildman–Crippen LogP) is 9.06. The molecule has 8 nitrogen and oxygen atoms in total. The third-order valence-electron chi connectivity index (χ3n) is 5.94. The summed E-state index contributed by atoms with van der Waals surface area (Å²) in [5.41, 5.74) is -1.50. The molecule has 0 atom stereocenters. The highest BCUT2D eigenvalue weighted by molar-refractivity contribution is 8.76. The number of carbonyl (C=O) groups excluding carboxylic acids is 4. The molecule has 0 bridgehead atoms. The number of nitrogens with one attached hydrogen (secondary N) is 2. The van der Waals surface area contributed by atoms with Gasteiger partial charge < -0.3 is 20.1 Å². The highest BCUT2D eigenvalue weighted by Gasteiger charge is 2.30. The van der Waals surface area contributed by atoms with Crippen molar-refractivity contribution in [1.29, 1.82) is 0 Å². The van der Waals surface area contributed by atoms with E-state index in [0.29, 0.717) is 43.9 Å². The van der Waals surface area contributed by atoms with Gasteiger partial charge in [0.1, 0.15) is 11.2 Å². The van der Waals surface area contributed by atoms with E-state index in [1.165, 1.54) is 13.3 Å². The van der Waals surface area contributed by atoms with Gasteiger partial charge in [-0.05, 0) is 53.7 Å².